The van der Waals surface area contributed by atoms with E-state index in [9.17, 15) is 0 Å². The van der Waals surface area contributed by atoms with E-state index in [-0.39, 0.29) is 43.0 Å². The van der Waals surface area contributed by atoms with Crippen LogP contribution in [0, 0.1) is 11.1 Å². The van der Waals surface area contributed by atoms with Crippen molar-refractivity contribution in [2.24, 2.45) is 0 Å². The summed E-state index contributed by atoms with van der Waals surface area (Å²) in [6, 6.07) is 0. The molecule has 0 spiro atoms. The van der Waals surface area contributed by atoms with Gasteiger partial charge in [-0.1, -0.05) is 0 Å². The summed E-state index contributed by atoms with van der Waals surface area (Å²) >= 11 is 0. The van der Waals surface area contributed by atoms with Crippen LogP contribution >= 0.6 is 0 Å². The first kappa shape index (κ1) is 36.0. The molecule has 0 unspecified atom stereocenters. The predicted molar refractivity (Wildman–Crippen MR) is 65.7 cm³/mol. The summed E-state index contributed by atoms with van der Waals surface area (Å²) in [6.07, 6.45) is 0. The quantitative estimate of drug-likeness (QED) is 0.394. The zero-order valence-corrected chi connectivity index (χ0v) is 10.3. The average Bonchev–Trinajstić information content (AvgIpc) is 2.32. The zero-order chi connectivity index (χ0) is 14.9. The van der Waals surface area contributed by atoms with Gasteiger partial charge in [-0.3, -0.25) is 4.91 Å². The van der Waals surface area contributed by atoms with Crippen molar-refractivity contribution in [1.29, 1.82) is 11.1 Å². The van der Waals surface area contributed by atoms with E-state index in [4.69, 9.17) is 56.1 Å². The van der Waals surface area contributed by atoms with Gasteiger partial charge in [-0.25, -0.2) is 0 Å². The van der Waals surface area contributed by atoms with Crippen molar-refractivity contribution >= 4 is 0 Å². The van der Waals surface area contributed by atoms with E-state index in [2.05, 4.69) is 0 Å². The van der Waals surface area contributed by atoms with E-state index in [0.717, 1.165) is 0 Å². The molecule has 0 saturated heterocycles. The van der Waals surface area contributed by atoms with E-state index in [1.807, 2.05) is 0 Å². The third kappa shape index (κ3) is 32900. The third-order valence-electron chi connectivity index (χ3n) is 0.250. The van der Waals surface area contributed by atoms with E-state index in [1.165, 1.54) is 4.91 Å². The van der Waals surface area contributed by atoms with Crippen LogP contribution in [0.2, 0.25) is 0 Å². The fourth-order valence-electron chi connectivity index (χ4n) is 0. The van der Waals surface area contributed by atoms with Crippen LogP contribution in [-0.2, 0) is 16.8 Å². The Morgan fingerprint density at radius 1 is 0.667 bits per heavy atom. The fourth-order valence-corrected chi connectivity index (χ4v) is 0. The van der Waals surface area contributed by atoms with E-state index in [0.29, 0.717) is 0 Å². The maximum absolute atomic E-state index is 6.86. The maximum Gasteiger partial charge on any atom is 0 e. The zero-order valence-electron chi connectivity index (χ0n) is 9.29. The molecule has 18 heavy (non-hydrogen) atoms. The van der Waals surface area contributed by atoms with Gasteiger partial charge >= 0.3 is 0 Å². The van der Waals surface area contributed by atoms with Crippen LogP contribution in [0.5, 0.6) is 0 Å². The molecule has 6 N–H and O–H groups in total. The van der Waals surface area contributed by atoms with Gasteiger partial charge in [0.25, 0.3) is 0 Å². The normalized spacial score (nSPS) is 4.67. The number of nitrogens with one attached hydrogen (secondary N) is 6. The summed E-state index contributed by atoms with van der Waals surface area (Å²) < 4.78 is 0. The Labute approximate surface area is 114 Å². The Kier molecular flexibility index (Phi) is 223. The van der Waals surface area contributed by atoms with Crippen molar-refractivity contribution in [1.82, 2.24) is 0 Å². The van der Waals surface area contributed by atoms with Crippen molar-refractivity contribution < 1.29 is 16.8 Å². The predicted octanol–water partition coefficient (Wildman–Crippen LogP) is 4.80. The first-order valence-electron chi connectivity index (χ1n) is 3.66. The summed E-state index contributed by atoms with van der Waals surface area (Å²) in [7, 11) is 0. The Hall–Kier alpha value is -1.72. The molecule has 0 aromatic heterocycles. The largest absolute Gasteiger partial charge is 0.679 e. The second kappa shape index (κ2) is 112. The molecular formula is C4H14CoN13-5. The summed E-state index contributed by atoms with van der Waals surface area (Å²) in [5.74, 6) is 0. The second-order valence-corrected chi connectivity index (χ2v) is 1.29. The van der Waals surface area contributed by atoms with Crippen LogP contribution < -0.4 is 0 Å². The van der Waals surface area contributed by atoms with Gasteiger partial charge in [-0.2, -0.15) is 26.2 Å². The van der Waals surface area contributed by atoms with Crippen molar-refractivity contribution in [2.75, 3.05) is 26.2 Å². The first-order valence-corrected chi connectivity index (χ1v) is 3.66. The molecular weight excluding hydrogens is 289 g/mol. The van der Waals surface area contributed by atoms with E-state index < -0.39 is 0 Å². The van der Waals surface area contributed by atoms with Gasteiger partial charge in [0.1, 0.15) is 0 Å². The summed E-state index contributed by atoms with van der Waals surface area (Å²) in [6.45, 7) is 0.944. The number of hydrogen-bond donors (Lipinski definition) is 2. The van der Waals surface area contributed by atoms with E-state index in [1.54, 1.807) is 9.82 Å². The third-order valence-corrected chi connectivity index (χ3v) is 0.250. The molecule has 0 heterocycles. The molecule has 109 valence electrons. The van der Waals surface area contributed by atoms with Gasteiger partial charge < -0.3 is 34.0 Å². The van der Waals surface area contributed by atoms with Crippen LogP contribution in [0.3, 0.4) is 0 Å². The van der Waals surface area contributed by atoms with Crippen LogP contribution in [0.4, 0.5) is 0 Å². The van der Waals surface area contributed by atoms with Crippen molar-refractivity contribution in [2.45, 2.75) is 0 Å². The minimum atomic E-state index is 0. The van der Waals surface area contributed by atoms with Crippen molar-refractivity contribution in [3.8, 4) is 0 Å². The van der Waals surface area contributed by atoms with Gasteiger partial charge in [-0.05, 0) is 20.9 Å². The molecule has 0 saturated carbocycles. The fraction of sp³-hybridized carbons (Fsp3) is 1.00. The van der Waals surface area contributed by atoms with Crippen molar-refractivity contribution in [3.05, 3.63) is 59.8 Å². The van der Waals surface area contributed by atoms with Gasteiger partial charge in [0.05, 0.1) is 0 Å². The molecule has 0 amide bonds. The molecule has 1 radical (unpaired) electrons. The monoisotopic (exact) mass is 303 g/mol. The smallest absolute Gasteiger partial charge is 0 e. The molecule has 0 aliphatic rings. The van der Waals surface area contributed by atoms with Crippen LogP contribution in [0.1, 0.15) is 0 Å². The average molecular weight is 303 g/mol. The second-order valence-electron chi connectivity index (χ2n) is 1.29. The molecule has 0 bridgehead atoms. The molecule has 0 aliphatic heterocycles. The first-order chi connectivity index (χ1) is 8.07. The molecule has 14 heteroatoms. The van der Waals surface area contributed by atoms with Crippen LogP contribution in [0.15, 0.2) is 0 Å². The Morgan fingerprint density at radius 2 is 0.722 bits per heavy atom. The molecule has 0 aliphatic carbocycles. The summed E-state index contributed by atoms with van der Waals surface area (Å²) in [5.41, 5.74) is 63.1. The Morgan fingerprint density at radius 3 is 0.722 bits per heavy atom. The molecule has 13 nitrogen and oxygen atoms in total. The Balaban J connectivity index is -0.0000000249. The van der Waals surface area contributed by atoms with Crippen LogP contribution in [-0.4, -0.2) is 26.2 Å². The summed E-state index contributed by atoms with van der Waals surface area (Å²) in [4.78, 5) is 5.00. The summed E-state index contributed by atoms with van der Waals surface area (Å²) in [5, 5.41) is 0. The molecule has 0 fully saturated rings. The number of rotatable bonds is 2. The molecule has 0 rings (SSSR count). The maximum atomic E-state index is 6.86. The number of hydrogen-bond acceptors (Lipinski definition) is 2. The standard InChI is InChI=1S/2C2H6N2.Co.2HN3.N3/c2*3-1-2-4;;3*1-3-2/h2*3-4H,1-2H2;;2*1H;/q2*-2;;;;-1. The van der Waals surface area contributed by atoms with Gasteiger partial charge in [-0.15, -0.1) is 11.1 Å². The molecule has 0 aromatic carbocycles. The topological polar surface area (TPSA) is 274 Å². The Bertz CT molecular complexity index is 149. The number of nitrogens with zero attached hydrogens (tertiary/aromatic N) is 7. The van der Waals surface area contributed by atoms with Gasteiger partial charge in [0.15, 0.2) is 0 Å². The van der Waals surface area contributed by atoms with Crippen molar-refractivity contribution in [3.63, 3.8) is 0 Å². The SMILES string of the molecule is [Co].[N-]=[N+]=N.[N-]=[N+]=N.[N-]=[N+]=[N-].[NH-]CC[NH-].[NH-]CC[NH-]. The van der Waals surface area contributed by atoms with E-state index >= 15 is 0 Å². The van der Waals surface area contributed by atoms with Gasteiger partial charge in [0, 0.05) is 16.8 Å². The minimum Gasteiger partial charge on any atom is -0.679 e. The van der Waals surface area contributed by atoms with Gasteiger partial charge in [0.2, 0.25) is 0 Å². The minimum absolute atomic E-state index is 0. The molecule has 0 atom stereocenters. The molecule has 0 aromatic rings. The van der Waals surface area contributed by atoms with Crippen LogP contribution in [0.25, 0.3) is 59.8 Å².